The van der Waals surface area contributed by atoms with Crippen molar-refractivity contribution < 1.29 is 24.0 Å². The fourth-order valence-corrected chi connectivity index (χ4v) is 6.64. The standard InChI is InChI=1S/C35H42N8O6/c1-21-17-25(34(2,3)4)28(26(18-21)35(5,6)7)48-32(44)27-24(20-38)31(49-33(45)41(15-9-13-36)16-10-14-37)42-30(27)39-29(40-42)22-11-8-12-23(19-22)43(46)47/h8,11-12,19,21,25-26,28H,9-10,15-18H2,1-7H3,(H,39,40). The van der Waals surface area contributed by atoms with Crippen molar-refractivity contribution in [1.29, 1.82) is 15.8 Å². The lowest BCUT2D eigenvalue weighted by atomic mass is 9.59. The number of fused-ring (bicyclic) bond motifs is 1. The molecule has 1 aliphatic carbocycles. The average molecular weight is 671 g/mol. The van der Waals surface area contributed by atoms with E-state index in [1.165, 1.54) is 22.7 Å². The number of amides is 1. The molecule has 2 heterocycles. The zero-order chi connectivity index (χ0) is 36.3. The molecule has 1 aliphatic rings. The van der Waals surface area contributed by atoms with Crippen molar-refractivity contribution in [3.05, 3.63) is 45.5 Å². The van der Waals surface area contributed by atoms with E-state index >= 15 is 0 Å². The first-order chi connectivity index (χ1) is 23.0. The summed E-state index contributed by atoms with van der Waals surface area (Å²) in [6.07, 6.45) is 0.171. The molecule has 2 aromatic heterocycles. The van der Waals surface area contributed by atoms with E-state index in [4.69, 9.17) is 20.0 Å². The molecule has 0 saturated heterocycles. The topological polar surface area (TPSA) is 203 Å². The molecule has 2 unspecified atom stereocenters. The Kier molecular flexibility index (Phi) is 10.7. The molecule has 0 aliphatic heterocycles. The van der Waals surface area contributed by atoms with Crippen LogP contribution in [0.4, 0.5) is 10.5 Å². The predicted molar refractivity (Wildman–Crippen MR) is 178 cm³/mol. The Labute approximate surface area is 285 Å². The summed E-state index contributed by atoms with van der Waals surface area (Å²) in [5.74, 6) is -0.666. The van der Waals surface area contributed by atoms with Gasteiger partial charge < -0.3 is 14.4 Å². The number of esters is 1. The molecule has 1 fully saturated rings. The van der Waals surface area contributed by atoms with Gasteiger partial charge >= 0.3 is 12.1 Å². The second-order valence-electron chi connectivity index (χ2n) is 14.8. The maximum Gasteiger partial charge on any atom is 0.416 e. The van der Waals surface area contributed by atoms with Crippen LogP contribution in [-0.4, -0.2) is 55.7 Å². The highest BCUT2D eigenvalue weighted by Crippen LogP contribution is 2.50. The van der Waals surface area contributed by atoms with E-state index in [-0.39, 0.29) is 82.8 Å². The minimum atomic E-state index is -0.949. The highest BCUT2D eigenvalue weighted by atomic mass is 16.6. The Bertz CT molecular complexity index is 1820. The molecule has 1 aromatic carbocycles. The van der Waals surface area contributed by atoms with Gasteiger partial charge in [-0.05, 0) is 29.6 Å². The van der Waals surface area contributed by atoms with E-state index in [1.807, 2.05) is 18.2 Å². The van der Waals surface area contributed by atoms with Crippen molar-refractivity contribution >= 4 is 23.4 Å². The van der Waals surface area contributed by atoms with Crippen LogP contribution in [0.3, 0.4) is 0 Å². The number of hydrogen-bond acceptors (Lipinski definition) is 10. The third-order valence-electron chi connectivity index (χ3n) is 9.19. The van der Waals surface area contributed by atoms with E-state index in [1.54, 1.807) is 6.07 Å². The lowest BCUT2D eigenvalue weighted by Gasteiger charge is -2.50. The van der Waals surface area contributed by atoms with Crippen LogP contribution in [0.1, 0.15) is 90.1 Å². The lowest BCUT2D eigenvalue weighted by molar-refractivity contribution is -0.384. The number of aromatic amines is 1. The van der Waals surface area contributed by atoms with Gasteiger partial charge in [-0.15, -0.1) is 0 Å². The molecule has 1 saturated carbocycles. The highest BCUT2D eigenvalue weighted by molar-refractivity contribution is 6.01. The zero-order valence-corrected chi connectivity index (χ0v) is 28.9. The number of H-pyrrole nitrogens is 1. The van der Waals surface area contributed by atoms with Gasteiger partial charge in [0.1, 0.15) is 23.3 Å². The fraction of sp³-hybridized carbons (Fsp3) is 0.543. The first kappa shape index (κ1) is 36.4. The van der Waals surface area contributed by atoms with Crippen LogP contribution in [0, 0.1) is 72.7 Å². The molecule has 0 spiro atoms. The molecule has 14 nitrogen and oxygen atoms in total. The predicted octanol–water partition coefficient (Wildman–Crippen LogP) is 7.02. The maximum absolute atomic E-state index is 14.4. The minimum absolute atomic E-state index is 0.00111. The number of aromatic nitrogens is 3. The molecule has 49 heavy (non-hydrogen) atoms. The molecule has 1 amide bonds. The number of nitro groups is 1. The Morgan fingerprint density at radius 1 is 1.06 bits per heavy atom. The Morgan fingerprint density at radius 3 is 2.16 bits per heavy atom. The summed E-state index contributed by atoms with van der Waals surface area (Å²) < 4.78 is 13.3. The molecule has 0 bridgehead atoms. The summed E-state index contributed by atoms with van der Waals surface area (Å²) in [4.78, 5) is 44.5. The Morgan fingerprint density at radius 2 is 1.65 bits per heavy atom. The second-order valence-corrected chi connectivity index (χ2v) is 14.8. The Balaban J connectivity index is 1.88. The number of nitro benzene ring substituents is 1. The van der Waals surface area contributed by atoms with E-state index < -0.39 is 23.1 Å². The summed E-state index contributed by atoms with van der Waals surface area (Å²) in [6.45, 7) is 14.9. The smallest absolute Gasteiger partial charge is 0.416 e. The van der Waals surface area contributed by atoms with Crippen LogP contribution in [0.15, 0.2) is 24.3 Å². The number of nitrogens with one attached hydrogen (secondary N) is 1. The first-order valence-corrected chi connectivity index (χ1v) is 16.2. The van der Waals surface area contributed by atoms with E-state index in [9.17, 15) is 25.0 Å². The summed E-state index contributed by atoms with van der Waals surface area (Å²) in [6, 6.07) is 11.6. The summed E-state index contributed by atoms with van der Waals surface area (Å²) >= 11 is 0. The third kappa shape index (κ3) is 7.84. The number of carbonyl (C=O) groups is 2. The van der Waals surface area contributed by atoms with Crippen LogP contribution < -0.4 is 4.74 Å². The van der Waals surface area contributed by atoms with Crippen molar-refractivity contribution in [2.24, 2.45) is 28.6 Å². The van der Waals surface area contributed by atoms with Gasteiger partial charge in [0.05, 0.1) is 29.9 Å². The second kappa shape index (κ2) is 14.4. The van der Waals surface area contributed by atoms with Gasteiger partial charge in [0.25, 0.3) is 5.69 Å². The average Bonchev–Trinajstić information content (AvgIpc) is 3.58. The number of benzene rings is 1. The number of ether oxygens (including phenoxy) is 2. The van der Waals surface area contributed by atoms with Crippen LogP contribution in [0.25, 0.3) is 17.0 Å². The number of nitrogens with zero attached hydrogens (tertiary/aromatic N) is 7. The van der Waals surface area contributed by atoms with Crippen LogP contribution in [0.5, 0.6) is 5.88 Å². The molecule has 258 valence electrons. The molecule has 0 radical (unpaired) electrons. The number of nitriles is 3. The molecule has 14 heteroatoms. The van der Waals surface area contributed by atoms with Gasteiger partial charge in [-0.2, -0.15) is 15.8 Å². The first-order valence-electron chi connectivity index (χ1n) is 16.2. The molecule has 1 N–H and O–H groups in total. The van der Waals surface area contributed by atoms with Crippen LogP contribution >= 0.6 is 0 Å². The van der Waals surface area contributed by atoms with Crippen molar-refractivity contribution in [2.45, 2.75) is 80.3 Å². The summed E-state index contributed by atoms with van der Waals surface area (Å²) in [5.41, 5.74) is -0.910. The quantitative estimate of drug-likeness (QED) is 0.140. The monoisotopic (exact) mass is 670 g/mol. The van der Waals surface area contributed by atoms with Gasteiger partial charge in [0.2, 0.25) is 5.88 Å². The van der Waals surface area contributed by atoms with Gasteiger partial charge in [-0.3, -0.25) is 15.2 Å². The molecular formula is C35H42N8O6. The van der Waals surface area contributed by atoms with Crippen LogP contribution in [0.2, 0.25) is 0 Å². The largest absolute Gasteiger partial charge is 0.458 e. The third-order valence-corrected chi connectivity index (χ3v) is 9.19. The van der Waals surface area contributed by atoms with Gasteiger partial charge in [0.15, 0.2) is 11.5 Å². The van der Waals surface area contributed by atoms with Crippen molar-refractivity contribution in [3.8, 4) is 35.5 Å². The number of non-ortho nitro benzene ring substituents is 1. The SMILES string of the molecule is CC1CC(C(C)(C)C)C(OC(=O)c2c(C#N)c(OC(=O)N(CCC#N)CCC#N)n3[nH]c(-c4cccc([N+](=O)[O-])c4)nc23)C(C(C)(C)C)C1. The maximum atomic E-state index is 14.4. The van der Waals surface area contributed by atoms with Gasteiger partial charge in [-0.25, -0.2) is 19.1 Å². The fourth-order valence-electron chi connectivity index (χ4n) is 6.64. The number of rotatable bonds is 9. The van der Waals surface area contributed by atoms with E-state index in [2.05, 4.69) is 58.5 Å². The number of hydrogen-bond donors (Lipinski definition) is 1. The van der Waals surface area contributed by atoms with Crippen LogP contribution in [-0.2, 0) is 4.74 Å². The summed E-state index contributed by atoms with van der Waals surface area (Å²) in [5, 5.41) is 43.0. The molecular weight excluding hydrogens is 628 g/mol. The highest BCUT2D eigenvalue weighted by Gasteiger charge is 2.48. The Hall–Kier alpha value is -5.42. The van der Waals surface area contributed by atoms with Crippen molar-refractivity contribution in [2.75, 3.05) is 13.1 Å². The van der Waals surface area contributed by atoms with Gasteiger partial charge in [-0.1, -0.05) is 60.6 Å². The normalized spacial score (nSPS) is 19.3. The van der Waals surface area contributed by atoms with Gasteiger partial charge in [0, 0.05) is 42.6 Å². The molecule has 2 atom stereocenters. The number of carbonyl (C=O) groups excluding carboxylic acids is 2. The van der Waals surface area contributed by atoms with E-state index in [0.717, 1.165) is 17.7 Å². The molecule has 3 aromatic rings. The van der Waals surface area contributed by atoms with Crippen molar-refractivity contribution in [3.63, 3.8) is 0 Å². The zero-order valence-electron chi connectivity index (χ0n) is 28.9. The van der Waals surface area contributed by atoms with Crippen molar-refractivity contribution in [1.82, 2.24) is 19.5 Å². The van der Waals surface area contributed by atoms with E-state index in [0.29, 0.717) is 11.5 Å². The lowest BCUT2D eigenvalue weighted by Crippen LogP contribution is -2.49. The minimum Gasteiger partial charge on any atom is -0.458 e. The summed E-state index contributed by atoms with van der Waals surface area (Å²) in [7, 11) is 0. The molecule has 4 rings (SSSR count).